The zero-order valence-corrected chi connectivity index (χ0v) is 30.9. The van der Waals surface area contributed by atoms with Gasteiger partial charge in [0, 0.05) is 23.3 Å². The Bertz CT molecular complexity index is 1770. The minimum atomic E-state index is -4.83. The molecule has 0 aromatic heterocycles. The first-order valence-corrected chi connectivity index (χ1v) is 19.3. The smallest absolute Gasteiger partial charge is 0.446 e. The number of allylic oxidation sites excluding steroid dienone is 1. The number of benzene rings is 1. The zero-order valence-electron chi connectivity index (χ0n) is 30.1. The van der Waals surface area contributed by atoms with E-state index >= 15 is 0 Å². The van der Waals surface area contributed by atoms with E-state index in [1.165, 1.54) is 24.3 Å². The summed E-state index contributed by atoms with van der Waals surface area (Å²) in [4.78, 5) is 39.8. The molecule has 3 N–H and O–H groups in total. The predicted molar refractivity (Wildman–Crippen MR) is 186 cm³/mol. The molecular formula is C39H52O10S. The molecule has 0 heterocycles. The Morgan fingerprint density at radius 1 is 0.980 bits per heavy atom. The second kappa shape index (κ2) is 11.9. The Morgan fingerprint density at radius 2 is 1.68 bits per heavy atom. The second-order valence-corrected chi connectivity index (χ2v) is 18.8. The van der Waals surface area contributed by atoms with Crippen LogP contribution in [0.25, 0.3) is 6.08 Å². The molecule has 5 aliphatic carbocycles. The van der Waals surface area contributed by atoms with Crippen molar-refractivity contribution in [3.8, 4) is 11.5 Å². The quantitative estimate of drug-likeness (QED) is 0.111. The van der Waals surface area contributed by atoms with Gasteiger partial charge in [0.2, 0.25) is 0 Å². The normalized spacial score (nSPS) is 37.4. The van der Waals surface area contributed by atoms with Gasteiger partial charge in [0.25, 0.3) is 0 Å². The third-order valence-electron chi connectivity index (χ3n) is 14.5. The lowest BCUT2D eigenvalue weighted by atomic mass is 9.33. The maximum Gasteiger partial charge on any atom is 0.446 e. The molecule has 50 heavy (non-hydrogen) atoms. The Kier molecular flexibility index (Phi) is 8.74. The molecule has 0 saturated heterocycles. The summed E-state index contributed by atoms with van der Waals surface area (Å²) in [6.45, 7) is 13.5. The van der Waals surface area contributed by atoms with E-state index in [9.17, 15) is 33.0 Å². The zero-order chi connectivity index (χ0) is 36.7. The van der Waals surface area contributed by atoms with Gasteiger partial charge >= 0.3 is 22.3 Å². The first kappa shape index (κ1) is 36.6. The van der Waals surface area contributed by atoms with Crippen LogP contribution in [-0.2, 0) is 29.5 Å². The van der Waals surface area contributed by atoms with Crippen LogP contribution < -0.4 is 4.18 Å². The molecule has 11 heteroatoms. The van der Waals surface area contributed by atoms with Gasteiger partial charge in [-0.25, -0.2) is 4.79 Å². The van der Waals surface area contributed by atoms with Gasteiger partial charge < -0.3 is 19.1 Å². The first-order valence-electron chi connectivity index (χ1n) is 17.9. The SMILES string of the molecule is CC1(C)CC[C@]2(C(=O)O)CC[C@]3(COC(=O)/C=C/c4ccc(OS(=O)(=O)O)c(O)c4)C(=CC[C@@H]4[C@@]5(C)CCC(=O)C(C)(C)C5CC[C@]43C)C2C1. The molecule has 0 bridgehead atoms. The number of carboxylic acids is 1. The van der Waals surface area contributed by atoms with Gasteiger partial charge in [-0.15, -0.1) is 0 Å². The molecule has 274 valence electrons. The monoisotopic (exact) mass is 712 g/mol. The number of aromatic hydroxyl groups is 1. The average Bonchev–Trinajstić information content (AvgIpc) is 3.01. The summed E-state index contributed by atoms with van der Waals surface area (Å²) in [5.41, 5.74) is -0.786. The molecule has 10 nitrogen and oxygen atoms in total. The highest BCUT2D eigenvalue weighted by atomic mass is 32.3. The largest absolute Gasteiger partial charge is 0.504 e. The van der Waals surface area contributed by atoms with Crippen molar-refractivity contribution in [2.24, 2.45) is 50.2 Å². The molecule has 0 radical (unpaired) electrons. The van der Waals surface area contributed by atoms with E-state index in [2.05, 4.69) is 51.8 Å². The number of aliphatic carboxylic acids is 1. The summed E-state index contributed by atoms with van der Waals surface area (Å²) in [5, 5.41) is 21.0. The number of fused-ring (bicyclic) bond motifs is 7. The molecule has 2 unspecified atom stereocenters. The number of esters is 1. The van der Waals surface area contributed by atoms with Crippen molar-refractivity contribution in [2.45, 2.75) is 106 Å². The topological polar surface area (TPSA) is 164 Å². The summed E-state index contributed by atoms with van der Waals surface area (Å²) in [7, 11) is -4.83. The summed E-state index contributed by atoms with van der Waals surface area (Å²) in [5.74, 6) is -1.72. The number of carbonyl (C=O) groups is 3. The van der Waals surface area contributed by atoms with Crippen molar-refractivity contribution < 1.29 is 46.5 Å². The van der Waals surface area contributed by atoms with Crippen LogP contribution in [0.3, 0.4) is 0 Å². The van der Waals surface area contributed by atoms with E-state index in [1.807, 2.05) is 0 Å². The van der Waals surface area contributed by atoms with Crippen molar-refractivity contribution in [1.29, 1.82) is 0 Å². The van der Waals surface area contributed by atoms with Gasteiger partial charge in [-0.05, 0) is 116 Å². The van der Waals surface area contributed by atoms with Crippen molar-refractivity contribution in [1.82, 2.24) is 0 Å². The summed E-state index contributed by atoms with van der Waals surface area (Å²) >= 11 is 0. The number of hydrogen-bond acceptors (Lipinski definition) is 8. The Labute approximate surface area is 295 Å². The van der Waals surface area contributed by atoms with Crippen molar-refractivity contribution in [3.05, 3.63) is 41.5 Å². The second-order valence-electron chi connectivity index (χ2n) is 17.8. The minimum Gasteiger partial charge on any atom is -0.504 e. The first-order chi connectivity index (χ1) is 23.1. The van der Waals surface area contributed by atoms with Gasteiger partial charge in [0.1, 0.15) is 12.4 Å². The molecular weight excluding hydrogens is 660 g/mol. The number of Topliss-reactive ketones (excluding diaryl/α,β-unsaturated/α-hetero) is 1. The van der Waals surface area contributed by atoms with Gasteiger partial charge in [0.05, 0.1) is 5.41 Å². The van der Waals surface area contributed by atoms with Crippen LogP contribution in [0.4, 0.5) is 0 Å². The number of carbonyl (C=O) groups excluding carboxylic acids is 2. The van der Waals surface area contributed by atoms with E-state index in [0.717, 1.165) is 50.2 Å². The van der Waals surface area contributed by atoms with E-state index in [-0.39, 0.29) is 40.6 Å². The molecule has 0 spiro atoms. The Hall–Kier alpha value is -3.18. The molecule has 0 aliphatic heterocycles. The molecule has 4 saturated carbocycles. The average molecular weight is 713 g/mol. The summed E-state index contributed by atoms with van der Waals surface area (Å²) in [6, 6.07) is 3.78. The van der Waals surface area contributed by atoms with Gasteiger partial charge in [-0.1, -0.05) is 59.3 Å². The fraction of sp³-hybridized carbons (Fsp3) is 0.667. The summed E-state index contributed by atoms with van der Waals surface area (Å²) < 4.78 is 41.6. The fourth-order valence-corrected chi connectivity index (χ4v) is 12.1. The fourth-order valence-electron chi connectivity index (χ4n) is 11.8. The molecule has 1 aromatic carbocycles. The molecule has 5 aliphatic rings. The lowest BCUT2D eigenvalue weighted by Crippen LogP contribution is -2.66. The van der Waals surface area contributed by atoms with Crippen LogP contribution in [0.5, 0.6) is 11.5 Å². The predicted octanol–water partition coefficient (Wildman–Crippen LogP) is 7.57. The number of hydrogen-bond donors (Lipinski definition) is 3. The highest BCUT2D eigenvalue weighted by Gasteiger charge is 2.71. The van der Waals surface area contributed by atoms with Crippen molar-refractivity contribution in [2.75, 3.05) is 6.61 Å². The van der Waals surface area contributed by atoms with E-state index in [0.29, 0.717) is 37.0 Å². The highest BCUT2D eigenvalue weighted by Crippen LogP contribution is 2.75. The van der Waals surface area contributed by atoms with Crippen molar-refractivity contribution >= 4 is 34.2 Å². The van der Waals surface area contributed by atoms with Crippen LogP contribution in [-0.4, -0.2) is 47.5 Å². The number of rotatable bonds is 7. The highest BCUT2D eigenvalue weighted by molar-refractivity contribution is 7.81. The third kappa shape index (κ3) is 5.71. The van der Waals surface area contributed by atoms with Gasteiger partial charge in [0.15, 0.2) is 11.5 Å². The number of ketones is 1. The van der Waals surface area contributed by atoms with E-state index in [1.54, 1.807) is 0 Å². The Morgan fingerprint density at radius 3 is 2.34 bits per heavy atom. The van der Waals surface area contributed by atoms with Gasteiger partial charge in [-0.2, -0.15) is 8.42 Å². The van der Waals surface area contributed by atoms with Crippen LogP contribution in [0.15, 0.2) is 35.9 Å². The van der Waals surface area contributed by atoms with Crippen LogP contribution >= 0.6 is 0 Å². The van der Waals surface area contributed by atoms with Crippen LogP contribution in [0, 0.1) is 50.2 Å². The van der Waals surface area contributed by atoms with Crippen LogP contribution in [0.1, 0.15) is 111 Å². The standard InChI is InChI=1S/C39H52O10S/c1-34(2)17-18-38(33(43)44)19-20-39(23-48-32(42)12-8-24-7-10-28(27(40)21-24)49-50(45,46)47)25(26(38)22-34)9-11-30-36(5)15-14-31(41)35(3,4)29(36)13-16-37(30,39)6/h7-10,12,21,26,29-30,40H,11,13-20,22-23H2,1-6H3,(H,43,44)(H,45,46,47)/b12-8+/t26?,29?,30-,36+,37-,38+,39+/m1/s1. The minimum absolute atomic E-state index is 0.0321. The maximum atomic E-state index is 13.4. The van der Waals surface area contributed by atoms with E-state index in [4.69, 9.17) is 9.29 Å². The number of ether oxygens (including phenoxy) is 1. The molecule has 7 atom stereocenters. The van der Waals surface area contributed by atoms with Crippen molar-refractivity contribution in [3.63, 3.8) is 0 Å². The molecule has 4 fully saturated rings. The lowest BCUT2D eigenvalue weighted by Gasteiger charge is -2.70. The lowest BCUT2D eigenvalue weighted by molar-refractivity contribution is -0.202. The number of carboxylic acid groups (broad SMARTS) is 1. The van der Waals surface area contributed by atoms with Gasteiger partial charge in [-0.3, -0.25) is 14.1 Å². The number of phenolic OH excluding ortho intramolecular Hbond substituents is 1. The third-order valence-corrected chi connectivity index (χ3v) is 14.9. The molecule has 6 rings (SSSR count). The summed E-state index contributed by atoms with van der Waals surface area (Å²) in [6.07, 6.45) is 12.3. The molecule has 1 aromatic rings. The van der Waals surface area contributed by atoms with Crippen LogP contribution in [0.2, 0.25) is 0 Å². The maximum absolute atomic E-state index is 13.4. The molecule has 0 amide bonds. The number of phenols is 1. The van der Waals surface area contributed by atoms with E-state index < -0.39 is 50.1 Å². The Balaban J connectivity index is 1.36.